The molecule has 1 aromatic carbocycles. The Morgan fingerprint density at radius 2 is 1.78 bits per heavy atom. The van der Waals surface area contributed by atoms with Crippen molar-refractivity contribution in [3.8, 4) is 0 Å². The van der Waals surface area contributed by atoms with E-state index in [9.17, 15) is 0 Å². The molecule has 2 aliphatic rings. The predicted molar refractivity (Wildman–Crippen MR) is 75.5 cm³/mol. The normalized spacial score (nSPS) is 32.4. The second-order valence-corrected chi connectivity index (χ2v) is 5.85. The van der Waals surface area contributed by atoms with E-state index in [0.29, 0.717) is 0 Å². The number of piperidine rings is 2. The Kier molecular flexibility index (Phi) is 3.67. The van der Waals surface area contributed by atoms with Gasteiger partial charge in [-0.05, 0) is 38.3 Å². The number of nitrogens with one attached hydrogen (secondary N) is 1. The van der Waals surface area contributed by atoms with Gasteiger partial charge in [0.05, 0.1) is 0 Å². The number of fused-ring (bicyclic) bond motifs is 2. The topological polar surface area (TPSA) is 15.3 Å². The fourth-order valence-electron chi connectivity index (χ4n) is 3.77. The lowest BCUT2D eigenvalue weighted by atomic mass is 9.81. The summed E-state index contributed by atoms with van der Waals surface area (Å²) in [7, 11) is 2.12. The zero-order valence-electron chi connectivity index (χ0n) is 11.3. The average molecular weight is 244 g/mol. The molecule has 2 saturated heterocycles. The van der Waals surface area contributed by atoms with E-state index < -0.39 is 0 Å². The van der Waals surface area contributed by atoms with E-state index in [-0.39, 0.29) is 0 Å². The van der Waals surface area contributed by atoms with Crippen molar-refractivity contribution in [2.75, 3.05) is 7.05 Å². The SMILES string of the molecule is CNC1CC2CCCC(C1)N2Cc1ccccc1. The summed E-state index contributed by atoms with van der Waals surface area (Å²) in [5, 5.41) is 3.49. The van der Waals surface area contributed by atoms with Crippen molar-refractivity contribution in [1.82, 2.24) is 10.2 Å². The van der Waals surface area contributed by atoms with Crippen molar-refractivity contribution in [2.24, 2.45) is 0 Å². The molecule has 2 aliphatic heterocycles. The third-order valence-corrected chi connectivity index (χ3v) is 4.74. The summed E-state index contributed by atoms with van der Waals surface area (Å²) < 4.78 is 0. The smallest absolute Gasteiger partial charge is 0.0239 e. The second-order valence-electron chi connectivity index (χ2n) is 5.85. The highest BCUT2D eigenvalue weighted by Crippen LogP contribution is 2.35. The predicted octanol–water partition coefficient (Wildman–Crippen LogP) is 2.79. The van der Waals surface area contributed by atoms with Crippen LogP contribution in [0.4, 0.5) is 0 Å². The Morgan fingerprint density at radius 1 is 1.11 bits per heavy atom. The summed E-state index contributed by atoms with van der Waals surface area (Å²) in [6, 6.07) is 13.3. The van der Waals surface area contributed by atoms with Gasteiger partial charge in [0.25, 0.3) is 0 Å². The number of rotatable bonds is 3. The van der Waals surface area contributed by atoms with Gasteiger partial charge in [0.2, 0.25) is 0 Å². The molecule has 18 heavy (non-hydrogen) atoms. The van der Waals surface area contributed by atoms with Crippen LogP contribution in [-0.4, -0.2) is 30.1 Å². The van der Waals surface area contributed by atoms with Crippen LogP contribution in [0, 0.1) is 0 Å². The largest absolute Gasteiger partial charge is 0.317 e. The van der Waals surface area contributed by atoms with Gasteiger partial charge in [-0.1, -0.05) is 36.8 Å². The lowest BCUT2D eigenvalue weighted by Gasteiger charge is -2.49. The molecule has 2 bridgehead atoms. The maximum atomic E-state index is 3.49. The summed E-state index contributed by atoms with van der Waals surface area (Å²) in [4.78, 5) is 2.77. The van der Waals surface area contributed by atoms with E-state index in [4.69, 9.17) is 0 Å². The van der Waals surface area contributed by atoms with Gasteiger partial charge in [-0.25, -0.2) is 0 Å². The Hall–Kier alpha value is -0.860. The molecule has 98 valence electrons. The van der Waals surface area contributed by atoms with E-state index in [1.54, 1.807) is 0 Å². The molecular formula is C16H24N2. The maximum Gasteiger partial charge on any atom is 0.0239 e. The average Bonchev–Trinajstić information content (AvgIpc) is 2.39. The first-order valence-corrected chi connectivity index (χ1v) is 7.34. The molecule has 1 N–H and O–H groups in total. The van der Waals surface area contributed by atoms with Gasteiger partial charge < -0.3 is 5.32 Å². The molecular weight excluding hydrogens is 220 g/mol. The first kappa shape index (κ1) is 12.2. The zero-order chi connectivity index (χ0) is 12.4. The van der Waals surface area contributed by atoms with Crippen LogP contribution in [0.1, 0.15) is 37.7 Å². The van der Waals surface area contributed by atoms with Gasteiger partial charge in [0.1, 0.15) is 0 Å². The number of hydrogen-bond donors (Lipinski definition) is 1. The van der Waals surface area contributed by atoms with Crippen molar-refractivity contribution in [2.45, 2.75) is 56.8 Å². The zero-order valence-corrected chi connectivity index (χ0v) is 11.3. The molecule has 3 rings (SSSR count). The quantitative estimate of drug-likeness (QED) is 0.879. The van der Waals surface area contributed by atoms with E-state index in [1.165, 1.54) is 37.7 Å². The third-order valence-electron chi connectivity index (χ3n) is 4.74. The molecule has 0 spiro atoms. The molecule has 0 aromatic heterocycles. The van der Waals surface area contributed by atoms with Crippen LogP contribution in [-0.2, 0) is 6.54 Å². The highest BCUT2D eigenvalue weighted by molar-refractivity contribution is 5.15. The van der Waals surface area contributed by atoms with Crippen molar-refractivity contribution in [3.05, 3.63) is 35.9 Å². The molecule has 1 aromatic rings. The van der Waals surface area contributed by atoms with E-state index in [0.717, 1.165) is 24.7 Å². The maximum absolute atomic E-state index is 3.49. The summed E-state index contributed by atoms with van der Waals surface area (Å²) >= 11 is 0. The lowest BCUT2D eigenvalue weighted by Crippen LogP contribution is -2.55. The molecule has 0 saturated carbocycles. The monoisotopic (exact) mass is 244 g/mol. The van der Waals surface area contributed by atoms with Gasteiger partial charge in [0.15, 0.2) is 0 Å². The second kappa shape index (κ2) is 5.41. The van der Waals surface area contributed by atoms with Crippen molar-refractivity contribution < 1.29 is 0 Å². The molecule has 0 aliphatic carbocycles. The highest BCUT2D eigenvalue weighted by atomic mass is 15.2. The van der Waals surface area contributed by atoms with Gasteiger partial charge in [-0.2, -0.15) is 0 Å². The van der Waals surface area contributed by atoms with Crippen LogP contribution in [0.2, 0.25) is 0 Å². The molecule has 2 nitrogen and oxygen atoms in total. The van der Waals surface area contributed by atoms with E-state index in [2.05, 4.69) is 47.6 Å². The van der Waals surface area contributed by atoms with Gasteiger partial charge in [-0.3, -0.25) is 4.90 Å². The first-order valence-electron chi connectivity index (χ1n) is 7.34. The molecule has 2 heteroatoms. The standard InChI is InChI=1S/C16H24N2/c1-17-14-10-15-8-5-9-16(11-14)18(15)12-13-6-3-2-4-7-13/h2-4,6-7,14-17H,5,8-12H2,1H3. The van der Waals surface area contributed by atoms with Crippen LogP contribution in [0.15, 0.2) is 30.3 Å². The van der Waals surface area contributed by atoms with Crippen molar-refractivity contribution >= 4 is 0 Å². The molecule has 2 unspecified atom stereocenters. The highest BCUT2D eigenvalue weighted by Gasteiger charge is 2.37. The van der Waals surface area contributed by atoms with Crippen LogP contribution < -0.4 is 5.32 Å². The Morgan fingerprint density at radius 3 is 2.39 bits per heavy atom. The summed E-state index contributed by atoms with van der Waals surface area (Å²) in [6.07, 6.45) is 6.87. The van der Waals surface area contributed by atoms with Gasteiger partial charge >= 0.3 is 0 Å². The minimum Gasteiger partial charge on any atom is -0.317 e. The molecule has 2 fully saturated rings. The Balaban J connectivity index is 1.72. The van der Waals surface area contributed by atoms with Crippen LogP contribution in [0.25, 0.3) is 0 Å². The Bertz CT molecular complexity index is 362. The van der Waals surface area contributed by atoms with E-state index >= 15 is 0 Å². The van der Waals surface area contributed by atoms with Crippen LogP contribution >= 0.6 is 0 Å². The fourth-order valence-corrected chi connectivity index (χ4v) is 3.77. The number of hydrogen-bond acceptors (Lipinski definition) is 2. The van der Waals surface area contributed by atoms with Crippen molar-refractivity contribution in [1.29, 1.82) is 0 Å². The van der Waals surface area contributed by atoms with Crippen molar-refractivity contribution in [3.63, 3.8) is 0 Å². The summed E-state index contributed by atoms with van der Waals surface area (Å²) in [5.41, 5.74) is 1.47. The minimum absolute atomic E-state index is 0.743. The lowest BCUT2D eigenvalue weighted by molar-refractivity contribution is 0.0190. The van der Waals surface area contributed by atoms with Gasteiger partial charge in [0, 0.05) is 24.7 Å². The summed E-state index contributed by atoms with van der Waals surface area (Å²) in [5.74, 6) is 0. The molecule has 0 amide bonds. The minimum atomic E-state index is 0.743. The van der Waals surface area contributed by atoms with E-state index in [1.807, 2.05) is 0 Å². The first-order chi connectivity index (χ1) is 8.86. The van der Waals surface area contributed by atoms with Crippen LogP contribution in [0.5, 0.6) is 0 Å². The molecule has 2 heterocycles. The molecule has 0 radical (unpaired) electrons. The third kappa shape index (κ3) is 2.45. The Labute approximate surface area is 110 Å². The number of nitrogens with zero attached hydrogens (tertiary/aromatic N) is 1. The fraction of sp³-hybridized carbons (Fsp3) is 0.625. The number of benzene rings is 1. The molecule has 2 atom stereocenters. The van der Waals surface area contributed by atoms with Crippen LogP contribution in [0.3, 0.4) is 0 Å². The van der Waals surface area contributed by atoms with Gasteiger partial charge in [-0.15, -0.1) is 0 Å². The summed E-state index contributed by atoms with van der Waals surface area (Å²) in [6.45, 7) is 1.15.